The van der Waals surface area contributed by atoms with Gasteiger partial charge in [-0.2, -0.15) is 0 Å². The van der Waals surface area contributed by atoms with Crippen molar-refractivity contribution >= 4 is 45.4 Å². The summed E-state index contributed by atoms with van der Waals surface area (Å²) in [6.45, 7) is 0. The Kier molecular flexibility index (Phi) is 3.34. The van der Waals surface area contributed by atoms with E-state index < -0.39 is 23.5 Å². The average molecular weight is 403 g/mol. The molecule has 2 heterocycles. The molecule has 2 aromatic rings. The molecule has 1 aliphatic rings. The number of benzene rings is 1. The van der Waals surface area contributed by atoms with E-state index in [1.54, 1.807) is 0 Å². The van der Waals surface area contributed by atoms with Crippen LogP contribution in [0, 0.1) is 9.39 Å². The quantitative estimate of drug-likeness (QED) is 0.572. The summed E-state index contributed by atoms with van der Waals surface area (Å²) in [5, 5.41) is 2.23. The number of amides is 2. The number of carbonyl (C=O) groups is 2. The van der Waals surface area contributed by atoms with Crippen molar-refractivity contribution in [1.82, 2.24) is 14.5 Å². The van der Waals surface area contributed by atoms with Gasteiger partial charge in [0.1, 0.15) is 11.9 Å². The van der Waals surface area contributed by atoms with Crippen LogP contribution in [0.25, 0.3) is 11.0 Å². The van der Waals surface area contributed by atoms with Crippen LogP contribution in [0.5, 0.6) is 0 Å². The number of aryl methyl sites for hydroxylation is 1. The molecule has 110 valence electrons. The van der Waals surface area contributed by atoms with Crippen LogP contribution >= 0.6 is 22.6 Å². The first kappa shape index (κ1) is 14.2. The second-order valence-corrected chi connectivity index (χ2v) is 5.99. The Bertz CT molecular complexity index is 839. The molecular weight excluding hydrogens is 392 g/mol. The molecule has 1 fully saturated rings. The maximum atomic E-state index is 13.7. The van der Waals surface area contributed by atoms with Crippen LogP contribution in [0.1, 0.15) is 18.9 Å². The molecule has 1 aliphatic heterocycles. The zero-order chi connectivity index (χ0) is 15.3. The summed E-state index contributed by atoms with van der Waals surface area (Å²) in [5.74, 6) is -1.26. The summed E-state index contributed by atoms with van der Waals surface area (Å²) < 4.78 is 16.7. The van der Waals surface area contributed by atoms with E-state index in [1.165, 1.54) is 28.3 Å². The van der Waals surface area contributed by atoms with E-state index in [2.05, 4.69) is 5.32 Å². The Morgan fingerprint density at radius 2 is 2.05 bits per heavy atom. The second-order valence-electron chi connectivity index (χ2n) is 4.91. The minimum Gasteiger partial charge on any atom is -0.295 e. The number of carbonyl (C=O) groups excluding carboxylic acids is 2. The molecule has 1 N–H and O–H groups in total. The van der Waals surface area contributed by atoms with E-state index in [1.807, 2.05) is 22.6 Å². The van der Waals surface area contributed by atoms with Crippen LogP contribution in [-0.4, -0.2) is 20.9 Å². The molecule has 8 heteroatoms. The number of halogens is 2. The second kappa shape index (κ2) is 4.93. The largest absolute Gasteiger partial charge is 0.329 e. The lowest BCUT2D eigenvalue weighted by Crippen LogP contribution is -2.44. The maximum absolute atomic E-state index is 13.7. The molecule has 6 nitrogen and oxygen atoms in total. The molecule has 1 unspecified atom stereocenters. The molecule has 0 bridgehead atoms. The molecule has 2 amide bonds. The number of aromatic nitrogens is 2. The minimum atomic E-state index is -0.750. The molecule has 0 spiro atoms. The molecule has 21 heavy (non-hydrogen) atoms. The zero-order valence-corrected chi connectivity index (χ0v) is 13.2. The minimum absolute atomic E-state index is 0.178. The Balaban J connectivity index is 2.27. The lowest BCUT2D eigenvalue weighted by molar-refractivity contribution is -0.135. The zero-order valence-electron chi connectivity index (χ0n) is 11.0. The summed E-state index contributed by atoms with van der Waals surface area (Å²) in [6.07, 6.45) is 0.440. The predicted octanol–water partition coefficient (Wildman–Crippen LogP) is 1.06. The van der Waals surface area contributed by atoms with Crippen molar-refractivity contribution in [2.75, 3.05) is 0 Å². The number of fused-ring (bicyclic) bond motifs is 1. The molecule has 3 rings (SSSR count). The highest BCUT2D eigenvalue weighted by atomic mass is 127. The highest BCUT2D eigenvalue weighted by Crippen LogP contribution is 2.27. The van der Waals surface area contributed by atoms with E-state index in [-0.39, 0.29) is 18.7 Å². The summed E-state index contributed by atoms with van der Waals surface area (Å²) in [4.78, 5) is 35.6. The van der Waals surface area contributed by atoms with Crippen molar-refractivity contribution in [3.8, 4) is 0 Å². The van der Waals surface area contributed by atoms with Gasteiger partial charge in [0.2, 0.25) is 11.8 Å². The smallest absolute Gasteiger partial charge is 0.295 e. The van der Waals surface area contributed by atoms with Crippen molar-refractivity contribution in [3.63, 3.8) is 0 Å². The van der Waals surface area contributed by atoms with Gasteiger partial charge < -0.3 is 0 Å². The van der Waals surface area contributed by atoms with Gasteiger partial charge in [-0.3, -0.25) is 24.0 Å². The number of rotatable bonds is 1. The number of piperidine rings is 1. The van der Waals surface area contributed by atoms with Gasteiger partial charge in [0, 0.05) is 13.5 Å². The van der Waals surface area contributed by atoms with E-state index in [4.69, 9.17) is 0 Å². The van der Waals surface area contributed by atoms with E-state index in [0.29, 0.717) is 14.6 Å². The highest BCUT2D eigenvalue weighted by Gasteiger charge is 2.31. The molecule has 1 saturated heterocycles. The van der Waals surface area contributed by atoms with Gasteiger partial charge in [0.15, 0.2) is 0 Å². The Hall–Kier alpha value is -1.71. The third-order valence-electron chi connectivity index (χ3n) is 3.66. The standard InChI is InChI=1S/C13H11FIN3O3/c1-17-11-7(3-2-6(14)10(11)15)18(13(17)21)8-4-5-9(19)16-12(8)20/h2-3,8H,4-5H2,1H3,(H,16,19,20). The van der Waals surface area contributed by atoms with Crippen molar-refractivity contribution in [1.29, 1.82) is 0 Å². The number of imidazole rings is 1. The summed E-state index contributed by atoms with van der Waals surface area (Å²) in [7, 11) is 1.54. The molecule has 1 aromatic heterocycles. The molecule has 0 saturated carbocycles. The predicted molar refractivity (Wildman–Crippen MR) is 81.3 cm³/mol. The summed E-state index contributed by atoms with van der Waals surface area (Å²) in [6, 6.07) is 2.00. The van der Waals surface area contributed by atoms with Gasteiger partial charge >= 0.3 is 5.69 Å². The maximum Gasteiger partial charge on any atom is 0.329 e. The third-order valence-corrected chi connectivity index (χ3v) is 4.68. The fourth-order valence-electron chi connectivity index (χ4n) is 2.63. The number of nitrogens with one attached hydrogen (secondary N) is 1. The Labute approximate surface area is 132 Å². The van der Waals surface area contributed by atoms with Crippen LogP contribution in [0.15, 0.2) is 16.9 Å². The molecule has 0 aliphatic carbocycles. The highest BCUT2D eigenvalue weighted by molar-refractivity contribution is 14.1. The van der Waals surface area contributed by atoms with Crippen molar-refractivity contribution in [2.24, 2.45) is 7.05 Å². The van der Waals surface area contributed by atoms with Crippen LogP contribution < -0.4 is 11.0 Å². The van der Waals surface area contributed by atoms with Crippen LogP contribution in [0.2, 0.25) is 0 Å². The number of hydrogen-bond acceptors (Lipinski definition) is 3. The molecule has 0 radical (unpaired) electrons. The van der Waals surface area contributed by atoms with Crippen molar-refractivity contribution < 1.29 is 14.0 Å². The van der Waals surface area contributed by atoms with E-state index in [9.17, 15) is 18.8 Å². The monoisotopic (exact) mass is 403 g/mol. The molecule has 1 aromatic carbocycles. The van der Waals surface area contributed by atoms with Crippen LogP contribution in [0.4, 0.5) is 4.39 Å². The first-order chi connectivity index (χ1) is 9.91. The number of nitrogens with zero attached hydrogens (tertiary/aromatic N) is 2. The van der Waals surface area contributed by atoms with Crippen molar-refractivity contribution in [3.05, 3.63) is 32.0 Å². The molecular formula is C13H11FIN3O3. The first-order valence-electron chi connectivity index (χ1n) is 6.30. The van der Waals surface area contributed by atoms with Crippen LogP contribution in [0.3, 0.4) is 0 Å². The Morgan fingerprint density at radius 3 is 2.71 bits per heavy atom. The lowest BCUT2D eigenvalue weighted by atomic mass is 10.1. The third kappa shape index (κ3) is 2.08. The van der Waals surface area contributed by atoms with Gasteiger partial charge in [0.25, 0.3) is 0 Å². The fraction of sp³-hybridized carbons (Fsp3) is 0.308. The fourth-order valence-corrected chi connectivity index (χ4v) is 3.45. The average Bonchev–Trinajstić information content (AvgIpc) is 2.68. The Morgan fingerprint density at radius 1 is 1.33 bits per heavy atom. The number of imide groups is 1. The van der Waals surface area contributed by atoms with Gasteiger partial charge in [-0.1, -0.05) is 0 Å². The first-order valence-corrected chi connectivity index (χ1v) is 7.38. The van der Waals surface area contributed by atoms with Gasteiger partial charge in [-0.15, -0.1) is 0 Å². The van der Waals surface area contributed by atoms with Crippen LogP contribution in [-0.2, 0) is 16.6 Å². The van der Waals surface area contributed by atoms with Gasteiger partial charge in [-0.05, 0) is 41.1 Å². The van der Waals surface area contributed by atoms with E-state index >= 15 is 0 Å². The SMILES string of the molecule is Cn1c(=O)n(C2CCC(=O)NC2=O)c2ccc(F)c(I)c21. The van der Waals surface area contributed by atoms with Gasteiger partial charge in [-0.25, -0.2) is 9.18 Å². The summed E-state index contributed by atoms with van der Waals surface area (Å²) in [5.41, 5.74) is 0.538. The topological polar surface area (TPSA) is 73.1 Å². The number of hydrogen-bond donors (Lipinski definition) is 1. The van der Waals surface area contributed by atoms with Crippen molar-refractivity contribution in [2.45, 2.75) is 18.9 Å². The van der Waals surface area contributed by atoms with Gasteiger partial charge in [0.05, 0.1) is 14.6 Å². The molecule has 1 atom stereocenters. The lowest BCUT2D eigenvalue weighted by Gasteiger charge is -2.21. The van der Waals surface area contributed by atoms with E-state index in [0.717, 1.165) is 0 Å². The summed E-state index contributed by atoms with van der Waals surface area (Å²) >= 11 is 1.83. The normalized spacial score (nSPS) is 19.1.